The van der Waals surface area contributed by atoms with Crippen LogP contribution in [0.15, 0.2) is 47.4 Å². The zero-order valence-electron chi connectivity index (χ0n) is 16.4. The molecular formula is C21H23ClN2O4S. The summed E-state index contributed by atoms with van der Waals surface area (Å²) in [5.41, 5.74) is 0.463. The average molecular weight is 435 g/mol. The van der Waals surface area contributed by atoms with Crippen LogP contribution < -0.4 is 9.47 Å². The van der Waals surface area contributed by atoms with Gasteiger partial charge in [-0.05, 0) is 36.4 Å². The molecule has 3 rings (SSSR count). The molecule has 0 N–H and O–H groups in total. The Morgan fingerprint density at radius 1 is 0.966 bits per heavy atom. The van der Waals surface area contributed by atoms with Crippen molar-refractivity contribution in [2.45, 2.75) is 4.90 Å². The van der Waals surface area contributed by atoms with E-state index < -0.39 is 0 Å². The molecule has 1 aliphatic rings. The van der Waals surface area contributed by atoms with Crippen molar-refractivity contribution in [3.63, 3.8) is 0 Å². The highest BCUT2D eigenvalue weighted by molar-refractivity contribution is 8.00. The van der Waals surface area contributed by atoms with E-state index in [1.807, 2.05) is 24.3 Å². The predicted octanol–water partition coefficient (Wildman–Crippen LogP) is 3.43. The molecule has 0 bridgehead atoms. The Morgan fingerprint density at radius 2 is 1.62 bits per heavy atom. The molecule has 0 aliphatic carbocycles. The molecular weight excluding hydrogens is 412 g/mol. The van der Waals surface area contributed by atoms with E-state index in [4.69, 9.17) is 21.1 Å². The number of benzene rings is 2. The van der Waals surface area contributed by atoms with Gasteiger partial charge in [-0.2, -0.15) is 0 Å². The first-order valence-corrected chi connectivity index (χ1v) is 10.6. The van der Waals surface area contributed by atoms with E-state index in [1.165, 1.54) is 18.9 Å². The number of rotatable bonds is 6. The largest absolute Gasteiger partial charge is 0.493 e. The van der Waals surface area contributed by atoms with Crippen LogP contribution in [0.4, 0.5) is 0 Å². The number of methoxy groups -OCH3 is 2. The van der Waals surface area contributed by atoms with Crippen LogP contribution in [0.3, 0.4) is 0 Å². The number of halogens is 1. The summed E-state index contributed by atoms with van der Waals surface area (Å²) in [5, 5.41) is 0.675. The molecule has 0 radical (unpaired) electrons. The normalized spacial score (nSPS) is 13.9. The van der Waals surface area contributed by atoms with Crippen molar-refractivity contribution in [1.82, 2.24) is 9.80 Å². The van der Waals surface area contributed by atoms with E-state index in [2.05, 4.69) is 0 Å². The van der Waals surface area contributed by atoms with Crippen LogP contribution in [0.5, 0.6) is 11.5 Å². The number of carbonyl (C=O) groups is 2. The van der Waals surface area contributed by atoms with Gasteiger partial charge in [0.2, 0.25) is 5.91 Å². The standard InChI is InChI=1S/C21H23ClN2O4S/c1-27-18-5-3-4-17(20(18)28-2)21(26)24-12-10-23(11-13-24)19(25)14-29-16-8-6-15(22)7-9-16/h3-9H,10-14H2,1-2H3. The number of hydrogen-bond acceptors (Lipinski definition) is 5. The Morgan fingerprint density at radius 3 is 2.24 bits per heavy atom. The van der Waals surface area contributed by atoms with Gasteiger partial charge in [0, 0.05) is 36.1 Å². The zero-order chi connectivity index (χ0) is 20.8. The van der Waals surface area contributed by atoms with Gasteiger partial charge in [0.25, 0.3) is 5.91 Å². The first-order chi connectivity index (χ1) is 14.0. The van der Waals surface area contributed by atoms with E-state index in [9.17, 15) is 9.59 Å². The van der Waals surface area contributed by atoms with Gasteiger partial charge in [-0.3, -0.25) is 9.59 Å². The summed E-state index contributed by atoms with van der Waals surface area (Å²) in [4.78, 5) is 30.0. The SMILES string of the molecule is COc1cccc(C(=O)N2CCN(C(=O)CSc3ccc(Cl)cc3)CC2)c1OC. The lowest BCUT2D eigenvalue weighted by molar-refractivity contribution is -0.129. The van der Waals surface area contributed by atoms with Gasteiger partial charge in [-0.25, -0.2) is 0 Å². The summed E-state index contributed by atoms with van der Waals surface area (Å²) >= 11 is 7.37. The molecule has 8 heteroatoms. The molecule has 154 valence electrons. The van der Waals surface area contributed by atoms with E-state index in [0.717, 1.165) is 4.90 Å². The summed E-state index contributed by atoms with van der Waals surface area (Å²) in [6.45, 7) is 1.99. The van der Waals surface area contributed by atoms with Gasteiger partial charge in [-0.1, -0.05) is 17.7 Å². The fourth-order valence-electron chi connectivity index (χ4n) is 3.15. The molecule has 1 aliphatic heterocycles. The number of nitrogens with zero attached hydrogens (tertiary/aromatic N) is 2. The monoisotopic (exact) mass is 434 g/mol. The molecule has 29 heavy (non-hydrogen) atoms. The lowest BCUT2D eigenvalue weighted by Crippen LogP contribution is -2.51. The smallest absolute Gasteiger partial charge is 0.257 e. The Balaban J connectivity index is 1.55. The van der Waals surface area contributed by atoms with Crippen LogP contribution in [-0.2, 0) is 4.79 Å². The minimum atomic E-state index is -0.122. The molecule has 0 unspecified atom stereocenters. The number of carbonyl (C=O) groups excluding carboxylic acids is 2. The van der Waals surface area contributed by atoms with Gasteiger partial charge in [0.05, 0.1) is 25.5 Å². The molecule has 0 aromatic heterocycles. The molecule has 0 saturated carbocycles. The topological polar surface area (TPSA) is 59.1 Å². The van der Waals surface area contributed by atoms with Crippen molar-refractivity contribution in [2.75, 3.05) is 46.2 Å². The number of thioether (sulfide) groups is 1. The second-order valence-electron chi connectivity index (χ2n) is 6.46. The van der Waals surface area contributed by atoms with Gasteiger partial charge in [0.1, 0.15) is 0 Å². The molecule has 1 heterocycles. The van der Waals surface area contributed by atoms with Crippen molar-refractivity contribution in [3.05, 3.63) is 53.1 Å². The second-order valence-corrected chi connectivity index (χ2v) is 7.94. The summed E-state index contributed by atoms with van der Waals surface area (Å²) in [7, 11) is 3.06. The molecule has 1 saturated heterocycles. The van der Waals surface area contributed by atoms with Gasteiger partial charge in [0.15, 0.2) is 11.5 Å². The number of piperazine rings is 1. The average Bonchev–Trinajstić information content (AvgIpc) is 2.77. The highest BCUT2D eigenvalue weighted by atomic mass is 35.5. The van der Waals surface area contributed by atoms with Crippen LogP contribution >= 0.6 is 23.4 Å². The molecule has 1 fully saturated rings. The highest BCUT2D eigenvalue weighted by Crippen LogP contribution is 2.31. The van der Waals surface area contributed by atoms with Crippen LogP contribution in [0, 0.1) is 0 Å². The molecule has 0 spiro atoms. The molecule has 2 amide bonds. The maximum Gasteiger partial charge on any atom is 0.257 e. The fourth-order valence-corrected chi connectivity index (χ4v) is 4.08. The number of amides is 2. The number of para-hydroxylation sites is 1. The highest BCUT2D eigenvalue weighted by Gasteiger charge is 2.27. The minimum absolute atomic E-state index is 0.0657. The summed E-state index contributed by atoms with van der Waals surface area (Å²) < 4.78 is 10.6. The summed E-state index contributed by atoms with van der Waals surface area (Å²) in [6, 6.07) is 12.7. The minimum Gasteiger partial charge on any atom is -0.493 e. The van der Waals surface area contributed by atoms with E-state index >= 15 is 0 Å². The second kappa shape index (κ2) is 9.89. The Kier molecular flexibility index (Phi) is 7.28. The Hall–Kier alpha value is -2.38. The molecule has 2 aromatic rings. The zero-order valence-corrected chi connectivity index (χ0v) is 18.0. The van der Waals surface area contributed by atoms with Gasteiger partial charge in [-0.15, -0.1) is 11.8 Å². The lowest BCUT2D eigenvalue weighted by Gasteiger charge is -2.35. The first kappa shape index (κ1) is 21.3. The third kappa shape index (κ3) is 5.16. The summed E-state index contributed by atoms with van der Waals surface area (Å²) in [6.07, 6.45) is 0. The maximum atomic E-state index is 12.9. The Bertz CT molecular complexity index is 867. The van der Waals surface area contributed by atoms with Crippen molar-refractivity contribution >= 4 is 35.2 Å². The van der Waals surface area contributed by atoms with Gasteiger partial charge < -0.3 is 19.3 Å². The van der Waals surface area contributed by atoms with Crippen molar-refractivity contribution in [1.29, 1.82) is 0 Å². The predicted molar refractivity (Wildman–Crippen MR) is 114 cm³/mol. The third-order valence-electron chi connectivity index (χ3n) is 4.73. The maximum absolute atomic E-state index is 12.9. The molecule has 0 atom stereocenters. The number of ether oxygens (including phenoxy) is 2. The lowest BCUT2D eigenvalue weighted by atomic mass is 10.1. The molecule has 2 aromatic carbocycles. The van der Waals surface area contributed by atoms with Crippen molar-refractivity contribution in [3.8, 4) is 11.5 Å². The van der Waals surface area contributed by atoms with Crippen LogP contribution in [0.1, 0.15) is 10.4 Å². The Labute approximate surface area is 179 Å². The summed E-state index contributed by atoms with van der Waals surface area (Å²) in [5.74, 6) is 1.25. The van der Waals surface area contributed by atoms with Crippen molar-refractivity contribution < 1.29 is 19.1 Å². The molecule has 6 nitrogen and oxygen atoms in total. The fraction of sp³-hybridized carbons (Fsp3) is 0.333. The third-order valence-corrected chi connectivity index (χ3v) is 5.98. The van der Waals surface area contributed by atoms with Crippen LogP contribution in [0.25, 0.3) is 0 Å². The van der Waals surface area contributed by atoms with Crippen LogP contribution in [-0.4, -0.2) is 67.8 Å². The van der Waals surface area contributed by atoms with Gasteiger partial charge >= 0.3 is 0 Å². The van der Waals surface area contributed by atoms with E-state index in [0.29, 0.717) is 54.0 Å². The quantitative estimate of drug-likeness (QED) is 0.652. The van der Waals surface area contributed by atoms with E-state index in [1.54, 1.807) is 35.1 Å². The number of hydrogen-bond donors (Lipinski definition) is 0. The first-order valence-electron chi connectivity index (χ1n) is 9.20. The van der Waals surface area contributed by atoms with Crippen molar-refractivity contribution in [2.24, 2.45) is 0 Å². The van der Waals surface area contributed by atoms with Crippen LogP contribution in [0.2, 0.25) is 5.02 Å². The van der Waals surface area contributed by atoms with E-state index in [-0.39, 0.29) is 11.8 Å².